The Bertz CT molecular complexity index is 460. The Balaban J connectivity index is 3.28. The quantitative estimate of drug-likeness (QED) is 0.781. The summed E-state index contributed by atoms with van der Waals surface area (Å²) in [6, 6.07) is 3.25. The van der Waals surface area contributed by atoms with E-state index in [4.69, 9.17) is 21.6 Å². The molecule has 0 bridgehead atoms. The second-order valence-corrected chi connectivity index (χ2v) is 3.33. The Morgan fingerprint density at radius 1 is 1.53 bits per heavy atom. The highest BCUT2D eigenvalue weighted by Crippen LogP contribution is 2.33. The summed E-state index contributed by atoms with van der Waals surface area (Å²) in [6.45, 7) is 2.06. The number of amides is 1. The summed E-state index contributed by atoms with van der Waals surface area (Å²) in [5.74, 6) is 2.92. The highest BCUT2D eigenvalue weighted by atomic mass is 16.5. The van der Waals surface area contributed by atoms with Gasteiger partial charge in [-0.2, -0.15) is 0 Å². The topological polar surface area (TPSA) is 61.5 Å². The summed E-state index contributed by atoms with van der Waals surface area (Å²) in [5, 5.41) is 0. The van der Waals surface area contributed by atoms with Crippen molar-refractivity contribution in [2.75, 3.05) is 13.7 Å². The molecule has 0 saturated carbocycles. The number of carbonyl (C=O) groups excluding carboxylic acids is 1. The lowest BCUT2D eigenvalue weighted by Crippen LogP contribution is -2.14. The predicted octanol–water partition coefficient (Wildman–Crippen LogP) is 1.37. The van der Waals surface area contributed by atoms with E-state index >= 15 is 0 Å². The number of benzene rings is 1. The van der Waals surface area contributed by atoms with Gasteiger partial charge in [-0.25, -0.2) is 0 Å². The maximum atomic E-state index is 11.3. The molecule has 4 nitrogen and oxygen atoms in total. The van der Waals surface area contributed by atoms with Crippen molar-refractivity contribution >= 4 is 5.91 Å². The van der Waals surface area contributed by atoms with Crippen LogP contribution in [0.5, 0.6) is 11.5 Å². The summed E-state index contributed by atoms with van der Waals surface area (Å²) < 4.78 is 10.6. The van der Waals surface area contributed by atoms with Crippen LogP contribution in [0.15, 0.2) is 12.1 Å². The van der Waals surface area contributed by atoms with Crippen LogP contribution in [0.3, 0.4) is 0 Å². The molecule has 0 aromatic heterocycles. The van der Waals surface area contributed by atoms with Gasteiger partial charge < -0.3 is 15.2 Å². The first-order chi connectivity index (χ1) is 8.15. The first-order valence-electron chi connectivity index (χ1n) is 5.21. The molecule has 1 aromatic carbocycles. The Labute approximate surface area is 101 Å². The van der Waals surface area contributed by atoms with E-state index in [-0.39, 0.29) is 6.61 Å². The van der Waals surface area contributed by atoms with Crippen LogP contribution in [0.4, 0.5) is 0 Å². The number of methoxy groups -OCH3 is 1. The number of rotatable bonds is 5. The fraction of sp³-hybridized carbons (Fsp3) is 0.308. The van der Waals surface area contributed by atoms with E-state index in [1.165, 1.54) is 7.11 Å². The van der Waals surface area contributed by atoms with Crippen LogP contribution >= 0.6 is 0 Å². The van der Waals surface area contributed by atoms with E-state index < -0.39 is 5.91 Å². The van der Waals surface area contributed by atoms with Crippen molar-refractivity contribution in [2.45, 2.75) is 13.3 Å². The van der Waals surface area contributed by atoms with Crippen molar-refractivity contribution in [2.24, 2.45) is 5.73 Å². The molecule has 4 heteroatoms. The number of primary amides is 1. The summed E-state index contributed by atoms with van der Waals surface area (Å²) in [6.07, 6.45) is 5.75. The molecule has 0 aliphatic carbocycles. The third-order valence-electron chi connectivity index (χ3n) is 2.36. The molecule has 0 saturated heterocycles. The molecule has 0 heterocycles. The highest BCUT2D eigenvalue weighted by molar-refractivity contribution is 5.95. The molecule has 2 N–H and O–H groups in total. The van der Waals surface area contributed by atoms with Crippen LogP contribution in [0.25, 0.3) is 0 Å². The van der Waals surface area contributed by atoms with Gasteiger partial charge in [0.1, 0.15) is 6.61 Å². The molecular formula is C13H15NO3. The second-order valence-electron chi connectivity index (χ2n) is 3.33. The van der Waals surface area contributed by atoms with Crippen molar-refractivity contribution in [3.8, 4) is 23.8 Å². The van der Waals surface area contributed by atoms with Gasteiger partial charge in [-0.05, 0) is 18.6 Å². The summed E-state index contributed by atoms with van der Waals surface area (Å²) in [5.41, 5.74) is 6.47. The van der Waals surface area contributed by atoms with Gasteiger partial charge in [0.25, 0.3) is 0 Å². The molecular weight excluding hydrogens is 218 g/mol. The second kappa shape index (κ2) is 5.80. The van der Waals surface area contributed by atoms with Gasteiger partial charge in [0, 0.05) is 11.1 Å². The average Bonchev–Trinajstić information content (AvgIpc) is 2.34. The summed E-state index contributed by atoms with van der Waals surface area (Å²) >= 11 is 0. The molecule has 0 aliphatic heterocycles. The summed E-state index contributed by atoms with van der Waals surface area (Å²) in [7, 11) is 1.52. The van der Waals surface area contributed by atoms with Crippen molar-refractivity contribution in [1.82, 2.24) is 0 Å². The predicted molar refractivity (Wildman–Crippen MR) is 65.2 cm³/mol. The van der Waals surface area contributed by atoms with Crippen LogP contribution < -0.4 is 15.2 Å². The van der Waals surface area contributed by atoms with Crippen LogP contribution in [0, 0.1) is 12.3 Å². The van der Waals surface area contributed by atoms with E-state index in [0.717, 1.165) is 5.56 Å². The lowest BCUT2D eigenvalue weighted by Gasteiger charge is -2.14. The molecule has 0 atom stereocenters. The Morgan fingerprint density at radius 2 is 2.24 bits per heavy atom. The minimum Gasteiger partial charge on any atom is -0.493 e. The van der Waals surface area contributed by atoms with Crippen LogP contribution in [-0.2, 0) is 6.42 Å². The van der Waals surface area contributed by atoms with E-state index in [0.29, 0.717) is 23.5 Å². The smallest absolute Gasteiger partial charge is 0.249 e. The molecule has 0 fully saturated rings. The summed E-state index contributed by atoms with van der Waals surface area (Å²) in [4.78, 5) is 11.3. The SMILES string of the molecule is C#CCOc1ccc(C(N)=O)c(CC)c1OC. The van der Waals surface area contributed by atoms with Crippen LogP contribution in [0.2, 0.25) is 0 Å². The van der Waals surface area contributed by atoms with Crippen molar-refractivity contribution in [3.63, 3.8) is 0 Å². The number of hydrogen-bond donors (Lipinski definition) is 1. The Morgan fingerprint density at radius 3 is 2.71 bits per heavy atom. The van der Waals surface area contributed by atoms with Gasteiger partial charge in [-0.1, -0.05) is 12.8 Å². The number of terminal acetylenes is 1. The average molecular weight is 233 g/mol. The minimum absolute atomic E-state index is 0.148. The lowest BCUT2D eigenvalue weighted by molar-refractivity contribution is 0.0999. The number of nitrogens with two attached hydrogens (primary N) is 1. The van der Waals surface area contributed by atoms with E-state index in [2.05, 4.69) is 5.92 Å². The molecule has 1 rings (SSSR count). The van der Waals surface area contributed by atoms with Crippen molar-refractivity contribution in [1.29, 1.82) is 0 Å². The normalized spacial score (nSPS) is 9.47. The zero-order valence-corrected chi connectivity index (χ0v) is 9.95. The number of carbonyl (C=O) groups is 1. The fourth-order valence-corrected chi connectivity index (χ4v) is 1.65. The van der Waals surface area contributed by atoms with Crippen molar-refractivity contribution in [3.05, 3.63) is 23.3 Å². The largest absolute Gasteiger partial charge is 0.493 e. The van der Waals surface area contributed by atoms with Gasteiger partial charge in [-0.15, -0.1) is 6.42 Å². The van der Waals surface area contributed by atoms with Crippen LogP contribution in [-0.4, -0.2) is 19.6 Å². The monoisotopic (exact) mass is 233 g/mol. The van der Waals surface area contributed by atoms with Gasteiger partial charge in [0.05, 0.1) is 7.11 Å². The minimum atomic E-state index is -0.483. The molecule has 0 aliphatic rings. The Hall–Kier alpha value is -2.15. The molecule has 17 heavy (non-hydrogen) atoms. The zero-order valence-electron chi connectivity index (χ0n) is 9.95. The molecule has 0 unspecified atom stereocenters. The zero-order chi connectivity index (χ0) is 12.8. The van der Waals surface area contributed by atoms with Gasteiger partial charge in [0.2, 0.25) is 5.91 Å². The maximum Gasteiger partial charge on any atom is 0.249 e. The molecule has 1 aromatic rings. The molecule has 1 amide bonds. The molecule has 0 radical (unpaired) electrons. The third-order valence-corrected chi connectivity index (χ3v) is 2.36. The van der Waals surface area contributed by atoms with Gasteiger partial charge in [0.15, 0.2) is 11.5 Å². The van der Waals surface area contributed by atoms with Crippen LogP contribution in [0.1, 0.15) is 22.8 Å². The number of ether oxygens (including phenoxy) is 2. The maximum absolute atomic E-state index is 11.3. The molecule has 90 valence electrons. The highest BCUT2D eigenvalue weighted by Gasteiger charge is 2.16. The van der Waals surface area contributed by atoms with Gasteiger partial charge >= 0.3 is 0 Å². The first-order valence-corrected chi connectivity index (χ1v) is 5.21. The Kier molecular flexibility index (Phi) is 4.41. The third kappa shape index (κ3) is 2.70. The lowest BCUT2D eigenvalue weighted by atomic mass is 10.0. The standard InChI is InChI=1S/C13H15NO3/c1-4-8-17-11-7-6-10(13(14)15)9(5-2)12(11)16-3/h1,6-7H,5,8H2,2-3H3,(H2,14,15). The fourth-order valence-electron chi connectivity index (χ4n) is 1.65. The molecule has 0 spiro atoms. The van der Waals surface area contributed by atoms with E-state index in [1.54, 1.807) is 12.1 Å². The first kappa shape index (κ1) is 12.9. The van der Waals surface area contributed by atoms with E-state index in [1.807, 2.05) is 6.92 Å². The van der Waals surface area contributed by atoms with E-state index in [9.17, 15) is 4.79 Å². The van der Waals surface area contributed by atoms with Crippen molar-refractivity contribution < 1.29 is 14.3 Å². The van der Waals surface area contributed by atoms with Gasteiger partial charge in [-0.3, -0.25) is 4.79 Å². The number of hydrogen-bond acceptors (Lipinski definition) is 3.